The number of carbonyl (C=O) groups is 1. The van der Waals surface area contributed by atoms with Gasteiger partial charge in [0.2, 0.25) is 10.0 Å². The lowest BCUT2D eigenvalue weighted by molar-refractivity contribution is -0.133. The van der Waals surface area contributed by atoms with Gasteiger partial charge in [-0.3, -0.25) is 4.72 Å². The van der Waals surface area contributed by atoms with Crippen molar-refractivity contribution in [3.63, 3.8) is 0 Å². The molecule has 9 heteroatoms. The van der Waals surface area contributed by atoms with E-state index in [4.69, 9.17) is 9.84 Å². The zero-order valence-electron chi connectivity index (χ0n) is 10.5. The van der Waals surface area contributed by atoms with Crippen LogP contribution < -0.4 is 4.72 Å². The lowest BCUT2D eigenvalue weighted by atomic mass is 10.1. The molecule has 1 aromatic rings. The summed E-state index contributed by atoms with van der Waals surface area (Å²) in [7, 11) is -4.25. The molecule has 0 fully saturated rings. The number of carboxylic acid groups (broad SMARTS) is 1. The van der Waals surface area contributed by atoms with Gasteiger partial charge in [-0.1, -0.05) is 0 Å². The number of aliphatic carboxylic acids is 1. The Labute approximate surface area is 119 Å². The van der Waals surface area contributed by atoms with E-state index in [0.29, 0.717) is 6.07 Å². The first-order valence-electron chi connectivity index (χ1n) is 5.79. The number of sulfonamides is 1. The average molecular weight is 319 g/mol. The van der Waals surface area contributed by atoms with Gasteiger partial charge >= 0.3 is 5.97 Å². The predicted octanol–water partition coefficient (Wildman–Crippen LogP) is 1.12. The molecule has 1 aliphatic heterocycles. The van der Waals surface area contributed by atoms with E-state index in [-0.39, 0.29) is 18.8 Å². The third-order valence-electron chi connectivity index (χ3n) is 2.84. The van der Waals surface area contributed by atoms with Crippen LogP contribution in [-0.2, 0) is 19.6 Å². The Bertz CT molecular complexity index is 702. The molecule has 1 unspecified atom stereocenters. The van der Waals surface area contributed by atoms with Crippen LogP contribution in [0.25, 0.3) is 0 Å². The highest BCUT2D eigenvalue weighted by atomic mass is 32.2. The molecule has 1 aromatic carbocycles. The minimum Gasteiger partial charge on any atom is -0.478 e. The molecule has 21 heavy (non-hydrogen) atoms. The fourth-order valence-electron chi connectivity index (χ4n) is 1.82. The second kappa shape index (κ2) is 5.78. The molecule has 2 rings (SSSR count). The highest BCUT2D eigenvalue weighted by molar-refractivity contribution is 7.93. The van der Waals surface area contributed by atoms with Gasteiger partial charge in [0.25, 0.3) is 0 Å². The fraction of sp³-hybridized carbons (Fsp3) is 0.250. The zero-order chi connectivity index (χ0) is 15.6. The Balaban J connectivity index is 2.31. The summed E-state index contributed by atoms with van der Waals surface area (Å²) >= 11 is 0. The van der Waals surface area contributed by atoms with E-state index < -0.39 is 38.6 Å². The Morgan fingerprint density at radius 1 is 1.38 bits per heavy atom. The van der Waals surface area contributed by atoms with Crippen molar-refractivity contribution < 1.29 is 31.8 Å². The average Bonchev–Trinajstić information content (AvgIpc) is 2.42. The summed E-state index contributed by atoms with van der Waals surface area (Å²) in [5.41, 5.74) is -0.817. The van der Waals surface area contributed by atoms with Crippen LogP contribution >= 0.6 is 0 Å². The molecule has 0 saturated carbocycles. The van der Waals surface area contributed by atoms with Gasteiger partial charge in [-0.2, -0.15) is 0 Å². The summed E-state index contributed by atoms with van der Waals surface area (Å²) < 4.78 is 57.4. The summed E-state index contributed by atoms with van der Waals surface area (Å²) in [5.74, 6) is -3.35. The summed E-state index contributed by atoms with van der Waals surface area (Å²) in [6.07, 6.45) is 1.14. The topological polar surface area (TPSA) is 92.7 Å². The van der Waals surface area contributed by atoms with E-state index in [1.54, 1.807) is 0 Å². The van der Waals surface area contributed by atoms with Crippen molar-refractivity contribution in [1.82, 2.24) is 0 Å². The van der Waals surface area contributed by atoms with Crippen molar-refractivity contribution in [3.05, 3.63) is 41.5 Å². The SMILES string of the molecule is O=C(O)C1=CCOCC1S(=O)(=O)Nc1ccc(F)cc1F. The maximum Gasteiger partial charge on any atom is 0.332 e. The molecular formula is C12H11F2NO5S. The van der Waals surface area contributed by atoms with Gasteiger partial charge < -0.3 is 9.84 Å². The summed E-state index contributed by atoms with van der Waals surface area (Å²) in [4.78, 5) is 11.0. The van der Waals surface area contributed by atoms with Crippen LogP contribution in [0.4, 0.5) is 14.5 Å². The van der Waals surface area contributed by atoms with Gasteiger partial charge in [0.15, 0.2) is 0 Å². The lowest BCUT2D eigenvalue weighted by Gasteiger charge is -2.22. The van der Waals surface area contributed by atoms with Gasteiger partial charge in [0.1, 0.15) is 16.9 Å². The number of carboxylic acids is 1. The highest BCUT2D eigenvalue weighted by Crippen LogP contribution is 2.22. The first-order chi connectivity index (χ1) is 9.81. The van der Waals surface area contributed by atoms with Crippen LogP contribution in [0, 0.1) is 11.6 Å². The van der Waals surface area contributed by atoms with Crippen molar-refractivity contribution in [1.29, 1.82) is 0 Å². The smallest absolute Gasteiger partial charge is 0.332 e. The van der Waals surface area contributed by atoms with E-state index in [0.717, 1.165) is 18.2 Å². The highest BCUT2D eigenvalue weighted by Gasteiger charge is 2.35. The van der Waals surface area contributed by atoms with Crippen molar-refractivity contribution in [2.75, 3.05) is 17.9 Å². The third-order valence-corrected chi connectivity index (χ3v) is 4.49. The maximum absolute atomic E-state index is 13.5. The van der Waals surface area contributed by atoms with E-state index in [9.17, 15) is 22.0 Å². The molecule has 1 atom stereocenters. The van der Waals surface area contributed by atoms with Crippen molar-refractivity contribution in [2.24, 2.45) is 0 Å². The number of ether oxygens (including phenoxy) is 1. The van der Waals surface area contributed by atoms with Crippen LogP contribution in [0.5, 0.6) is 0 Å². The molecule has 1 aliphatic rings. The third kappa shape index (κ3) is 3.37. The van der Waals surface area contributed by atoms with E-state index in [2.05, 4.69) is 0 Å². The van der Waals surface area contributed by atoms with Crippen molar-refractivity contribution >= 4 is 21.7 Å². The number of hydrogen-bond acceptors (Lipinski definition) is 4. The number of benzene rings is 1. The Kier molecular flexibility index (Phi) is 4.24. The van der Waals surface area contributed by atoms with Crippen LogP contribution in [0.15, 0.2) is 29.8 Å². The van der Waals surface area contributed by atoms with Crippen molar-refractivity contribution in [2.45, 2.75) is 5.25 Å². The number of anilines is 1. The Morgan fingerprint density at radius 2 is 2.10 bits per heavy atom. The molecule has 0 amide bonds. The normalized spacial score (nSPS) is 19.0. The molecule has 0 spiro atoms. The van der Waals surface area contributed by atoms with Gasteiger partial charge in [-0.15, -0.1) is 0 Å². The molecule has 6 nitrogen and oxygen atoms in total. The van der Waals surface area contributed by atoms with Crippen molar-refractivity contribution in [3.8, 4) is 0 Å². The molecule has 0 aromatic heterocycles. The van der Waals surface area contributed by atoms with Crippen LogP contribution in [0.1, 0.15) is 0 Å². The largest absolute Gasteiger partial charge is 0.478 e. The number of rotatable bonds is 4. The minimum atomic E-state index is -4.25. The zero-order valence-corrected chi connectivity index (χ0v) is 11.4. The standard InChI is InChI=1S/C12H11F2NO5S/c13-7-1-2-10(9(14)5-7)15-21(18,19)11-6-20-4-3-8(11)12(16)17/h1-3,5,11,15H,4,6H2,(H,16,17). The van der Waals surface area contributed by atoms with Gasteiger partial charge in [-0.25, -0.2) is 22.0 Å². The van der Waals surface area contributed by atoms with Gasteiger partial charge in [0.05, 0.1) is 24.5 Å². The molecule has 114 valence electrons. The molecule has 1 heterocycles. The molecule has 0 saturated heterocycles. The molecule has 0 radical (unpaired) electrons. The summed E-state index contributed by atoms with van der Waals surface area (Å²) in [6, 6.07) is 2.31. The first-order valence-corrected chi connectivity index (χ1v) is 7.33. The Hall–Kier alpha value is -2.00. The molecule has 0 bridgehead atoms. The number of nitrogens with one attached hydrogen (secondary N) is 1. The maximum atomic E-state index is 13.5. The predicted molar refractivity (Wildman–Crippen MR) is 69.2 cm³/mol. The van der Waals surface area contributed by atoms with Gasteiger partial charge in [-0.05, 0) is 18.2 Å². The molecule has 2 N–H and O–H groups in total. The second-order valence-electron chi connectivity index (χ2n) is 4.26. The van der Waals surface area contributed by atoms with Crippen LogP contribution in [-0.4, -0.2) is 38.0 Å². The fourth-order valence-corrected chi connectivity index (χ4v) is 3.24. The van der Waals surface area contributed by atoms with E-state index >= 15 is 0 Å². The number of halogens is 2. The summed E-state index contributed by atoms with van der Waals surface area (Å²) in [5, 5.41) is 7.51. The Morgan fingerprint density at radius 3 is 2.71 bits per heavy atom. The minimum absolute atomic E-state index is 0.0153. The van der Waals surface area contributed by atoms with Crippen LogP contribution in [0.3, 0.4) is 0 Å². The monoisotopic (exact) mass is 319 g/mol. The molecule has 0 aliphatic carbocycles. The summed E-state index contributed by atoms with van der Waals surface area (Å²) in [6.45, 7) is -0.380. The van der Waals surface area contributed by atoms with E-state index in [1.165, 1.54) is 0 Å². The lowest BCUT2D eigenvalue weighted by Crippen LogP contribution is -2.38. The quantitative estimate of drug-likeness (QED) is 0.867. The van der Waals surface area contributed by atoms with Gasteiger partial charge in [0, 0.05) is 6.07 Å². The molecular weight excluding hydrogens is 308 g/mol. The number of hydrogen-bond donors (Lipinski definition) is 2. The second-order valence-corrected chi connectivity index (χ2v) is 6.13. The first kappa shape index (κ1) is 15.4. The van der Waals surface area contributed by atoms with Crippen LogP contribution in [0.2, 0.25) is 0 Å². The van der Waals surface area contributed by atoms with E-state index in [1.807, 2.05) is 4.72 Å².